The number of aromatic amines is 1. The SMILES string of the molecule is CCOC(=O)c1ccc(N2C(=O)[C@H]3[C@H]4C[C@@H]([C@@H]3C2=O)[C@@H]2[C@H](c3cc(Cl)ccc3OCC(=O)Nc3cccc(C)c3)c3sc(=O)[nH]c3S[C@H]42)cc1. The van der Waals surface area contributed by atoms with E-state index in [1.54, 1.807) is 55.1 Å². The number of rotatable bonds is 8. The summed E-state index contributed by atoms with van der Waals surface area (Å²) < 4.78 is 11.3. The lowest BCUT2D eigenvalue weighted by atomic mass is 9.68. The fraction of sp³-hybridized carbons (Fsp3) is 0.324. The highest BCUT2D eigenvalue weighted by atomic mass is 35.5. The highest BCUT2D eigenvalue weighted by Gasteiger charge is 2.70. The quantitative estimate of drug-likeness (QED) is 0.160. The normalized spacial score (nSPS) is 26.0. The number of thioether (sulfide) groups is 1. The van der Waals surface area contributed by atoms with E-state index in [2.05, 4.69) is 10.3 Å². The summed E-state index contributed by atoms with van der Waals surface area (Å²) in [5, 5.41) is 4.05. The number of aromatic nitrogens is 1. The van der Waals surface area contributed by atoms with Gasteiger partial charge in [0.2, 0.25) is 11.8 Å². The molecule has 3 aromatic carbocycles. The first-order valence-corrected chi connectivity index (χ1v) is 18.5. The number of carbonyl (C=O) groups excluding carboxylic acids is 4. The second-order valence-corrected chi connectivity index (χ2v) is 15.8. The van der Waals surface area contributed by atoms with E-state index in [4.69, 9.17) is 21.1 Å². The number of carbonyl (C=O) groups is 4. The number of benzene rings is 3. The van der Waals surface area contributed by atoms with Gasteiger partial charge in [-0.3, -0.25) is 24.1 Å². The van der Waals surface area contributed by atoms with Crippen molar-refractivity contribution < 1.29 is 28.7 Å². The van der Waals surface area contributed by atoms with E-state index in [0.29, 0.717) is 34.1 Å². The Morgan fingerprint density at radius 1 is 1.00 bits per heavy atom. The fourth-order valence-electron chi connectivity index (χ4n) is 8.54. The van der Waals surface area contributed by atoms with Gasteiger partial charge in [-0.25, -0.2) is 4.79 Å². The monoisotopic (exact) mass is 729 g/mol. The molecule has 0 spiro atoms. The number of anilines is 2. The van der Waals surface area contributed by atoms with Crippen molar-refractivity contribution in [1.29, 1.82) is 0 Å². The third-order valence-corrected chi connectivity index (χ3v) is 13.2. The van der Waals surface area contributed by atoms with E-state index in [1.807, 2.05) is 37.3 Å². The number of halogens is 1. The maximum atomic E-state index is 14.2. The van der Waals surface area contributed by atoms with Gasteiger partial charge < -0.3 is 19.8 Å². The second kappa shape index (κ2) is 12.7. The van der Waals surface area contributed by atoms with Crippen LogP contribution in [0.4, 0.5) is 11.4 Å². The number of ether oxygens (including phenoxy) is 2. The molecule has 1 aromatic heterocycles. The first kappa shape index (κ1) is 32.8. The summed E-state index contributed by atoms with van der Waals surface area (Å²) in [6.45, 7) is 3.66. The van der Waals surface area contributed by atoms with Crippen LogP contribution in [0.3, 0.4) is 0 Å². The lowest BCUT2D eigenvalue weighted by molar-refractivity contribution is -0.123. The molecule has 2 aliphatic heterocycles. The number of hydrogen-bond acceptors (Lipinski definition) is 9. The van der Waals surface area contributed by atoms with Crippen molar-refractivity contribution in [2.45, 2.75) is 36.5 Å². The molecule has 0 radical (unpaired) electrons. The number of nitrogens with one attached hydrogen (secondary N) is 2. The van der Waals surface area contributed by atoms with Gasteiger partial charge in [0.25, 0.3) is 5.91 Å². The molecule has 10 nitrogen and oxygen atoms in total. The number of nitrogens with zero attached hydrogens (tertiary/aromatic N) is 1. The summed E-state index contributed by atoms with van der Waals surface area (Å²) in [6, 6.07) is 19.1. The minimum Gasteiger partial charge on any atom is -0.483 e. The predicted molar refractivity (Wildman–Crippen MR) is 190 cm³/mol. The average molecular weight is 730 g/mol. The van der Waals surface area contributed by atoms with Gasteiger partial charge in [0.05, 0.1) is 34.7 Å². The van der Waals surface area contributed by atoms with E-state index in [9.17, 15) is 24.0 Å². The molecule has 3 amide bonds. The van der Waals surface area contributed by atoms with Crippen LogP contribution < -0.4 is 19.8 Å². The standard InChI is InChI=1S/C37H32ClN3O7S2/c1-3-47-36(45)18-7-10-21(11-8-18)41-34(43)29-23-15-24(30(29)35(41)44)31-28(23)27(32-33(49-31)40-37(46)50-32)22-14-19(38)9-12-25(22)48-16-26(42)39-20-6-4-5-17(2)13-20/h4-14,23-24,27-31H,3,15-16H2,1-2H3,(H,39,42)(H,40,46)/t23-,24-,27+,28-,29+,30+,31-/m1/s1. The van der Waals surface area contributed by atoms with E-state index in [-0.39, 0.29) is 64.7 Å². The van der Waals surface area contributed by atoms with Crippen LogP contribution in [0, 0.1) is 36.5 Å². The van der Waals surface area contributed by atoms with Crippen LogP contribution in [0.15, 0.2) is 76.6 Å². The van der Waals surface area contributed by atoms with Crippen molar-refractivity contribution in [3.8, 4) is 5.75 Å². The number of aryl methyl sites for hydroxylation is 1. The van der Waals surface area contributed by atoms with Crippen molar-refractivity contribution >= 4 is 69.8 Å². The van der Waals surface area contributed by atoms with Gasteiger partial charge in [0.15, 0.2) is 6.61 Å². The van der Waals surface area contributed by atoms with Crippen LogP contribution >= 0.6 is 34.7 Å². The summed E-state index contributed by atoms with van der Waals surface area (Å²) in [7, 11) is 0. The molecular formula is C37H32ClN3O7S2. The Morgan fingerprint density at radius 3 is 2.50 bits per heavy atom. The number of esters is 1. The summed E-state index contributed by atoms with van der Waals surface area (Å²) in [5.74, 6) is -2.52. The first-order valence-electron chi connectivity index (χ1n) is 16.5. The number of amides is 3. The smallest absolute Gasteiger partial charge is 0.338 e. The fourth-order valence-corrected chi connectivity index (χ4v) is 11.6. The molecule has 2 aliphatic carbocycles. The minimum atomic E-state index is -0.526. The van der Waals surface area contributed by atoms with Gasteiger partial charge in [0, 0.05) is 32.3 Å². The van der Waals surface area contributed by atoms with Crippen LogP contribution in [0.2, 0.25) is 5.02 Å². The Hall–Kier alpha value is -4.39. The van der Waals surface area contributed by atoms with Crippen molar-refractivity contribution in [2.75, 3.05) is 23.4 Å². The number of fused-ring (bicyclic) bond motifs is 9. The highest BCUT2D eigenvalue weighted by Crippen LogP contribution is 2.69. The number of imide groups is 1. The first-order chi connectivity index (χ1) is 24.1. The Morgan fingerprint density at radius 2 is 1.76 bits per heavy atom. The largest absolute Gasteiger partial charge is 0.483 e. The lowest BCUT2D eigenvalue weighted by Gasteiger charge is -2.43. The van der Waals surface area contributed by atoms with Gasteiger partial charge in [0.1, 0.15) is 5.75 Å². The van der Waals surface area contributed by atoms with Crippen LogP contribution in [-0.2, 0) is 19.1 Å². The summed E-state index contributed by atoms with van der Waals surface area (Å²) >= 11 is 9.32. The summed E-state index contributed by atoms with van der Waals surface area (Å²) in [4.78, 5) is 71.2. The minimum absolute atomic E-state index is 0.0525. The number of thiazole rings is 1. The third kappa shape index (κ3) is 5.44. The van der Waals surface area contributed by atoms with Gasteiger partial charge in [-0.15, -0.1) is 11.8 Å². The molecule has 3 fully saturated rings. The van der Waals surface area contributed by atoms with E-state index < -0.39 is 17.8 Å². The molecule has 256 valence electrons. The maximum absolute atomic E-state index is 14.2. The van der Waals surface area contributed by atoms with E-state index in [1.165, 1.54) is 4.90 Å². The Kier molecular flexibility index (Phi) is 8.35. The summed E-state index contributed by atoms with van der Waals surface area (Å²) in [5.41, 5.74) is 3.18. The predicted octanol–water partition coefficient (Wildman–Crippen LogP) is 6.27. The van der Waals surface area contributed by atoms with Crippen LogP contribution in [0.1, 0.15) is 45.6 Å². The van der Waals surface area contributed by atoms with Gasteiger partial charge >= 0.3 is 10.8 Å². The van der Waals surface area contributed by atoms with Crippen molar-refractivity contribution in [3.63, 3.8) is 0 Å². The molecule has 4 aliphatic rings. The van der Waals surface area contributed by atoms with Crippen molar-refractivity contribution in [2.24, 2.45) is 29.6 Å². The Labute approximate surface area is 300 Å². The maximum Gasteiger partial charge on any atom is 0.338 e. The zero-order valence-electron chi connectivity index (χ0n) is 27.0. The second-order valence-electron chi connectivity index (χ2n) is 13.1. The van der Waals surface area contributed by atoms with Gasteiger partial charge in [-0.05, 0) is 98.2 Å². The molecule has 2 bridgehead atoms. The topological polar surface area (TPSA) is 135 Å². The summed E-state index contributed by atoms with van der Waals surface area (Å²) in [6.07, 6.45) is 0.704. The lowest BCUT2D eigenvalue weighted by Crippen LogP contribution is -2.42. The number of H-pyrrole nitrogens is 1. The Balaban J connectivity index is 1.11. The van der Waals surface area contributed by atoms with Gasteiger partial charge in [-0.2, -0.15) is 0 Å². The molecule has 13 heteroatoms. The van der Waals surface area contributed by atoms with Crippen LogP contribution in [0.25, 0.3) is 0 Å². The molecule has 4 aromatic rings. The Bertz CT molecular complexity index is 2110. The molecule has 7 atom stereocenters. The molecule has 8 rings (SSSR count). The molecule has 1 saturated heterocycles. The number of hydrogen-bond donors (Lipinski definition) is 2. The highest BCUT2D eigenvalue weighted by molar-refractivity contribution is 8.00. The molecule has 0 unspecified atom stereocenters. The third-order valence-electron chi connectivity index (χ3n) is 10.3. The van der Waals surface area contributed by atoms with Crippen molar-refractivity contribution in [3.05, 3.63) is 103 Å². The van der Waals surface area contributed by atoms with Crippen LogP contribution in [0.5, 0.6) is 5.75 Å². The molecule has 3 heterocycles. The molecular weight excluding hydrogens is 698 g/mol. The molecule has 2 saturated carbocycles. The van der Waals surface area contributed by atoms with E-state index in [0.717, 1.165) is 32.4 Å². The zero-order chi connectivity index (χ0) is 34.8. The average Bonchev–Trinajstić information content (AvgIpc) is 3.83. The van der Waals surface area contributed by atoms with Crippen molar-refractivity contribution in [1.82, 2.24) is 4.98 Å². The molecule has 50 heavy (non-hydrogen) atoms. The zero-order valence-corrected chi connectivity index (χ0v) is 29.4. The van der Waals surface area contributed by atoms with Crippen LogP contribution in [-0.4, -0.2) is 47.1 Å². The molecule has 2 N–H and O–H groups in total. The van der Waals surface area contributed by atoms with E-state index >= 15 is 0 Å². The van der Waals surface area contributed by atoms with Gasteiger partial charge in [-0.1, -0.05) is 35.1 Å².